The fraction of sp³-hybridized carbons (Fsp3) is 0.222. The number of nitrogens with one attached hydrogen (secondary N) is 1. The number of anilines is 1. The molecule has 1 amide bonds. The highest BCUT2D eigenvalue weighted by Crippen LogP contribution is 2.48. The van der Waals surface area contributed by atoms with Crippen LogP contribution in [-0.2, 0) is 5.54 Å². The van der Waals surface area contributed by atoms with Gasteiger partial charge in [-0.05, 0) is 36.2 Å². The molecule has 2 aromatic rings. The lowest BCUT2D eigenvalue weighted by atomic mass is 9.86. The summed E-state index contributed by atoms with van der Waals surface area (Å²) in [5.41, 5.74) is 3.79. The van der Waals surface area contributed by atoms with Gasteiger partial charge in [0.25, 0.3) is 5.91 Å². The lowest BCUT2D eigenvalue weighted by Crippen LogP contribution is -2.46. The maximum Gasteiger partial charge on any atom is 0.417 e. The van der Waals surface area contributed by atoms with Gasteiger partial charge in [-0.1, -0.05) is 42.1 Å². The van der Waals surface area contributed by atoms with Gasteiger partial charge in [-0.15, -0.1) is 0 Å². The lowest BCUT2D eigenvalue weighted by Gasteiger charge is -2.36. The van der Waals surface area contributed by atoms with E-state index in [-0.39, 0.29) is 28.6 Å². The molecule has 1 aliphatic heterocycles. The fourth-order valence-corrected chi connectivity index (χ4v) is 3.73. The van der Waals surface area contributed by atoms with E-state index in [0.717, 1.165) is 11.8 Å². The van der Waals surface area contributed by atoms with Crippen LogP contribution >= 0.6 is 11.8 Å². The number of thioether (sulfide) groups is 1. The first-order valence-electron chi connectivity index (χ1n) is 7.84. The molecule has 3 N–H and O–H groups in total. The summed E-state index contributed by atoms with van der Waals surface area (Å²) in [6.45, 7) is 0. The van der Waals surface area contributed by atoms with Crippen molar-refractivity contribution in [3.05, 3.63) is 65.7 Å². The number of hydrogen-bond donors (Lipinski definition) is 2. The Kier molecular flexibility index (Phi) is 4.95. The van der Waals surface area contributed by atoms with E-state index in [1.165, 1.54) is 24.3 Å². The smallest absolute Gasteiger partial charge is 0.399 e. The van der Waals surface area contributed by atoms with E-state index in [1.807, 2.05) is 0 Å². The number of aliphatic imine (C=N–C) groups is 1. The number of carbonyl (C=O) groups is 1. The summed E-state index contributed by atoms with van der Waals surface area (Å²) >= 11 is 1.09. The van der Waals surface area contributed by atoms with Crippen LogP contribution in [0.2, 0.25) is 0 Å². The van der Waals surface area contributed by atoms with Crippen molar-refractivity contribution in [3.63, 3.8) is 0 Å². The molecule has 1 heterocycles. The number of amidine groups is 1. The highest BCUT2D eigenvalue weighted by Gasteiger charge is 2.57. The van der Waals surface area contributed by atoms with Gasteiger partial charge in [0.1, 0.15) is 0 Å². The first kappa shape index (κ1) is 18.3. The Morgan fingerprint density at radius 3 is 2.54 bits per heavy atom. The van der Waals surface area contributed by atoms with Crippen molar-refractivity contribution in [3.8, 4) is 0 Å². The SMILES string of the molecule is Nc1cccc(C2(C(F)(F)F)CCSC(NC(=O)c3ccccc3)=N2)c1. The van der Waals surface area contributed by atoms with Crippen molar-refractivity contribution < 1.29 is 18.0 Å². The number of nitrogens with two attached hydrogens (primary N) is 1. The molecule has 1 unspecified atom stereocenters. The Morgan fingerprint density at radius 2 is 1.88 bits per heavy atom. The zero-order valence-electron chi connectivity index (χ0n) is 13.6. The number of halogens is 3. The Morgan fingerprint density at radius 1 is 1.15 bits per heavy atom. The zero-order chi connectivity index (χ0) is 18.8. The van der Waals surface area contributed by atoms with Crippen molar-refractivity contribution in [1.29, 1.82) is 0 Å². The second kappa shape index (κ2) is 7.03. The second-order valence-electron chi connectivity index (χ2n) is 5.82. The fourth-order valence-electron chi connectivity index (χ4n) is 2.75. The Bertz CT molecular complexity index is 839. The van der Waals surface area contributed by atoms with Crippen molar-refractivity contribution in [2.45, 2.75) is 18.1 Å². The van der Waals surface area contributed by atoms with E-state index in [2.05, 4.69) is 10.3 Å². The van der Waals surface area contributed by atoms with Gasteiger partial charge in [0, 0.05) is 17.0 Å². The van der Waals surface area contributed by atoms with Crippen molar-refractivity contribution in [2.24, 2.45) is 4.99 Å². The Balaban J connectivity index is 1.98. The van der Waals surface area contributed by atoms with Gasteiger partial charge >= 0.3 is 6.18 Å². The number of hydrogen-bond acceptors (Lipinski definition) is 4. The highest BCUT2D eigenvalue weighted by molar-refractivity contribution is 8.13. The number of amides is 1. The molecule has 0 aliphatic carbocycles. The Hall–Kier alpha value is -2.48. The van der Waals surface area contributed by atoms with Gasteiger partial charge in [0.05, 0.1) is 0 Å². The van der Waals surface area contributed by atoms with Crippen LogP contribution in [0.5, 0.6) is 0 Å². The predicted octanol–water partition coefficient (Wildman–Crippen LogP) is 3.95. The molecule has 3 rings (SSSR count). The summed E-state index contributed by atoms with van der Waals surface area (Å²) < 4.78 is 41.9. The third-order valence-corrected chi connectivity index (χ3v) is 4.96. The number of alkyl halides is 3. The van der Waals surface area contributed by atoms with E-state index in [4.69, 9.17) is 5.73 Å². The van der Waals surface area contributed by atoms with Crippen LogP contribution in [0.25, 0.3) is 0 Å². The molecular formula is C18H16F3N3OS. The summed E-state index contributed by atoms with van der Waals surface area (Å²) in [5, 5.41) is 2.44. The van der Waals surface area contributed by atoms with E-state index >= 15 is 0 Å². The maximum absolute atomic E-state index is 14.0. The summed E-state index contributed by atoms with van der Waals surface area (Å²) in [7, 11) is 0. The quantitative estimate of drug-likeness (QED) is 0.777. The molecule has 0 aromatic heterocycles. The topological polar surface area (TPSA) is 67.5 Å². The average Bonchev–Trinajstić information content (AvgIpc) is 2.61. The monoisotopic (exact) mass is 379 g/mol. The van der Waals surface area contributed by atoms with Crippen LogP contribution in [-0.4, -0.2) is 23.0 Å². The molecule has 0 saturated heterocycles. The molecular weight excluding hydrogens is 363 g/mol. The van der Waals surface area contributed by atoms with Gasteiger partial charge in [-0.3, -0.25) is 4.79 Å². The van der Waals surface area contributed by atoms with Gasteiger partial charge in [0.15, 0.2) is 10.7 Å². The summed E-state index contributed by atoms with van der Waals surface area (Å²) in [6, 6.07) is 13.9. The van der Waals surface area contributed by atoms with Crippen LogP contribution in [0.3, 0.4) is 0 Å². The summed E-state index contributed by atoms with van der Waals surface area (Å²) in [5.74, 6) is -0.329. The van der Waals surface area contributed by atoms with Gasteiger partial charge < -0.3 is 11.1 Å². The largest absolute Gasteiger partial charge is 0.417 e. The van der Waals surface area contributed by atoms with E-state index in [9.17, 15) is 18.0 Å². The van der Waals surface area contributed by atoms with E-state index in [0.29, 0.717) is 5.56 Å². The highest BCUT2D eigenvalue weighted by atomic mass is 32.2. The molecule has 26 heavy (non-hydrogen) atoms. The predicted molar refractivity (Wildman–Crippen MR) is 97.0 cm³/mol. The number of carbonyl (C=O) groups excluding carboxylic acids is 1. The van der Waals surface area contributed by atoms with Crippen molar-refractivity contribution in [1.82, 2.24) is 5.32 Å². The van der Waals surface area contributed by atoms with Crippen LogP contribution < -0.4 is 11.1 Å². The molecule has 0 radical (unpaired) electrons. The molecule has 0 fully saturated rings. The van der Waals surface area contributed by atoms with Crippen molar-refractivity contribution in [2.75, 3.05) is 11.5 Å². The number of nitrogens with zero attached hydrogens (tertiary/aromatic N) is 1. The van der Waals surface area contributed by atoms with Gasteiger partial charge in [-0.25, -0.2) is 4.99 Å². The first-order chi connectivity index (χ1) is 12.3. The number of rotatable bonds is 2. The average molecular weight is 379 g/mol. The molecule has 136 valence electrons. The van der Waals surface area contributed by atoms with Crippen LogP contribution in [0.1, 0.15) is 22.3 Å². The molecule has 2 aromatic carbocycles. The third kappa shape index (κ3) is 3.55. The van der Waals surface area contributed by atoms with Crippen LogP contribution in [0, 0.1) is 0 Å². The molecule has 0 bridgehead atoms. The second-order valence-corrected chi connectivity index (χ2v) is 6.90. The minimum atomic E-state index is -4.62. The third-order valence-electron chi connectivity index (χ3n) is 4.08. The van der Waals surface area contributed by atoms with Crippen LogP contribution in [0.15, 0.2) is 59.6 Å². The lowest BCUT2D eigenvalue weighted by molar-refractivity contribution is -0.189. The minimum Gasteiger partial charge on any atom is -0.399 e. The molecule has 8 heteroatoms. The molecule has 0 saturated carbocycles. The first-order valence-corrected chi connectivity index (χ1v) is 8.82. The normalized spacial score (nSPS) is 20.3. The summed E-state index contributed by atoms with van der Waals surface area (Å²) in [6.07, 6.45) is -4.85. The molecule has 1 aliphatic rings. The Labute approximate surface area is 152 Å². The van der Waals surface area contributed by atoms with Crippen molar-refractivity contribution >= 4 is 28.5 Å². The molecule has 4 nitrogen and oxygen atoms in total. The molecule has 0 spiro atoms. The summed E-state index contributed by atoms with van der Waals surface area (Å²) in [4.78, 5) is 16.2. The van der Waals surface area contributed by atoms with Gasteiger partial charge in [-0.2, -0.15) is 13.2 Å². The maximum atomic E-state index is 14.0. The minimum absolute atomic E-state index is 0.0308. The van der Waals surface area contributed by atoms with Crippen LogP contribution in [0.4, 0.5) is 18.9 Å². The van der Waals surface area contributed by atoms with E-state index < -0.39 is 17.6 Å². The van der Waals surface area contributed by atoms with Gasteiger partial charge in [0.2, 0.25) is 0 Å². The molecule has 1 atom stereocenters. The van der Waals surface area contributed by atoms with E-state index in [1.54, 1.807) is 30.3 Å². The number of nitrogen functional groups attached to an aromatic ring is 1. The zero-order valence-corrected chi connectivity index (χ0v) is 14.4. The number of benzene rings is 2. The standard InChI is InChI=1S/C18H16F3N3OS/c19-18(20,21)17(13-7-4-8-14(22)11-13)9-10-26-16(24-17)23-15(25)12-5-2-1-3-6-12/h1-8,11H,9-10,22H2,(H,23,24,25).